The van der Waals surface area contributed by atoms with Crippen LogP contribution in [0.5, 0.6) is 5.75 Å². The Bertz CT molecular complexity index is 1490. The Morgan fingerprint density at radius 1 is 1.12 bits per heavy atom. The van der Waals surface area contributed by atoms with E-state index in [0.717, 1.165) is 16.9 Å². The van der Waals surface area contributed by atoms with Gasteiger partial charge in [-0.1, -0.05) is 44.2 Å². The van der Waals surface area contributed by atoms with Gasteiger partial charge in [0.05, 0.1) is 21.2 Å². The minimum Gasteiger partial charge on any atom is -0.476 e. The summed E-state index contributed by atoms with van der Waals surface area (Å²) < 4.78 is 46.6. The summed E-state index contributed by atoms with van der Waals surface area (Å²) in [4.78, 5) is 13.5. The first kappa shape index (κ1) is 29.5. The van der Waals surface area contributed by atoms with Crippen molar-refractivity contribution in [3.63, 3.8) is 0 Å². The maximum absolute atomic E-state index is 13.8. The van der Waals surface area contributed by atoms with E-state index < -0.39 is 27.0 Å². The molecule has 0 aromatic heterocycles. The molecular weight excluding hydrogens is 551 g/mol. The predicted octanol–water partition coefficient (Wildman–Crippen LogP) is 7.03. The van der Waals surface area contributed by atoms with Crippen LogP contribution in [0.2, 0.25) is 0 Å². The summed E-state index contributed by atoms with van der Waals surface area (Å²) in [6, 6.07) is 21.1. The number of hydrogen-bond acceptors (Lipinski definition) is 7. The van der Waals surface area contributed by atoms with Gasteiger partial charge in [-0.25, -0.2) is 13.2 Å². The molecule has 7 nitrogen and oxygen atoms in total. The Labute approximate surface area is 239 Å². The Hall–Kier alpha value is -3.50. The summed E-state index contributed by atoms with van der Waals surface area (Å²) in [6.07, 6.45) is 3.59. The molecular formula is C30H33FN2O5S2. The molecule has 212 valence electrons. The first-order valence-corrected chi connectivity index (χ1v) is 15.8. The van der Waals surface area contributed by atoms with Crippen molar-refractivity contribution in [2.24, 2.45) is 5.41 Å². The van der Waals surface area contributed by atoms with E-state index in [0.29, 0.717) is 42.8 Å². The van der Waals surface area contributed by atoms with Crippen LogP contribution in [0.25, 0.3) is 0 Å². The molecule has 3 aromatic carbocycles. The van der Waals surface area contributed by atoms with Crippen LogP contribution in [0.15, 0.2) is 88.6 Å². The van der Waals surface area contributed by atoms with Crippen LogP contribution < -0.4 is 15.0 Å². The van der Waals surface area contributed by atoms with E-state index in [1.54, 1.807) is 12.3 Å². The summed E-state index contributed by atoms with van der Waals surface area (Å²) in [5, 5.41) is 12.3. The van der Waals surface area contributed by atoms with Crippen molar-refractivity contribution >= 4 is 44.6 Å². The lowest BCUT2D eigenvalue weighted by Gasteiger charge is -2.35. The van der Waals surface area contributed by atoms with Crippen LogP contribution in [0.4, 0.5) is 21.5 Å². The second-order valence-electron chi connectivity index (χ2n) is 9.80. The zero-order chi connectivity index (χ0) is 28.9. The van der Waals surface area contributed by atoms with Crippen molar-refractivity contribution in [1.82, 2.24) is 0 Å². The number of sulfone groups is 1. The van der Waals surface area contributed by atoms with Crippen molar-refractivity contribution in [1.29, 1.82) is 0 Å². The quantitative estimate of drug-likeness (QED) is 0.149. The van der Waals surface area contributed by atoms with E-state index in [9.17, 15) is 17.6 Å². The SMILES string of the molecule is CCC1(CC)CN(c2ccc(NCc3ccccc3)cc2)c2cc(SC)c(OC=C(F)C(=O)O)cc2S(=O)(=O)C1. The van der Waals surface area contributed by atoms with E-state index in [1.165, 1.54) is 17.8 Å². The van der Waals surface area contributed by atoms with Crippen molar-refractivity contribution in [3.05, 3.63) is 84.4 Å². The van der Waals surface area contributed by atoms with Gasteiger partial charge in [-0.2, -0.15) is 4.39 Å². The molecule has 1 heterocycles. The lowest BCUT2D eigenvalue weighted by Crippen LogP contribution is -2.37. The van der Waals surface area contributed by atoms with Crippen LogP contribution >= 0.6 is 11.8 Å². The lowest BCUT2D eigenvalue weighted by atomic mass is 9.83. The highest BCUT2D eigenvalue weighted by molar-refractivity contribution is 7.98. The summed E-state index contributed by atoms with van der Waals surface area (Å²) in [7, 11) is -3.78. The largest absolute Gasteiger partial charge is 0.476 e. The number of thioether (sulfide) groups is 1. The maximum Gasteiger partial charge on any atom is 0.368 e. The van der Waals surface area contributed by atoms with Crippen molar-refractivity contribution in [2.45, 2.75) is 43.0 Å². The number of ether oxygens (including phenoxy) is 1. The summed E-state index contributed by atoms with van der Waals surface area (Å²) in [5.74, 6) is -3.22. The molecule has 40 heavy (non-hydrogen) atoms. The summed E-state index contributed by atoms with van der Waals surface area (Å²) in [6.45, 7) is 5.18. The van der Waals surface area contributed by atoms with Gasteiger partial charge in [-0.3, -0.25) is 0 Å². The molecule has 0 saturated heterocycles. The Morgan fingerprint density at radius 2 is 1.80 bits per heavy atom. The first-order chi connectivity index (χ1) is 19.1. The highest BCUT2D eigenvalue weighted by atomic mass is 32.2. The number of carboxylic acid groups (broad SMARTS) is 1. The monoisotopic (exact) mass is 584 g/mol. The van der Waals surface area contributed by atoms with Gasteiger partial charge < -0.3 is 20.1 Å². The average molecular weight is 585 g/mol. The number of anilines is 3. The van der Waals surface area contributed by atoms with Gasteiger partial charge in [0.1, 0.15) is 12.0 Å². The van der Waals surface area contributed by atoms with Gasteiger partial charge in [0, 0.05) is 35.9 Å². The van der Waals surface area contributed by atoms with Gasteiger partial charge >= 0.3 is 5.97 Å². The van der Waals surface area contributed by atoms with Crippen LogP contribution in [-0.2, 0) is 21.2 Å². The fourth-order valence-electron chi connectivity index (χ4n) is 4.82. The Balaban J connectivity index is 1.77. The van der Waals surface area contributed by atoms with E-state index in [4.69, 9.17) is 9.84 Å². The number of nitrogens with one attached hydrogen (secondary N) is 1. The van der Waals surface area contributed by atoms with Crippen LogP contribution in [0, 0.1) is 5.41 Å². The normalized spacial score (nSPS) is 16.1. The number of rotatable bonds is 10. The summed E-state index contributed by atoms with van der Waals surface area (Å²) >= 11 is 1.30. The van der Waals surface area contributed by atoms with Crippen LogP contribution in [-0.4, -0.2) is 38.0 Å². The molecule has 2 N–H and O–H groups in total. The van der Waals surface area contributed by atoms with Crippen LogP contribution in [0.1, 0.15) is 32.3 Å². The molecule has 4 rings (SSSR count). The number of hydrogen-bond donors (Lipinski definition) is 2. The van der Waals surface area contributed by atoms with Crippen LogP contribution in [0.3, 0.4) is 0 Å². The fraction of sp³-hybridized carbons (Fsp3) is 0.300. The molecule has 0 amide bonds. The molecule has 0 saturated carbocycles. The minimum absolute atomic E-state index is 0.0510. The molecule has 0 unspecified atom stereocenters. The highest BCUT2D eigenvalue weighted by Crippen LogP contribution is 2.47. The number of aliphatic carboxylic acids is 1. The van der Waals surface area contributed by atoms with Gasteiger partial charge in [0.15, 0.2) is 9.84 Å². The fourth-order valence-corrected chi connectivity index (χ4v) is 7.60. The molecule has 0 atom stereocenters. The number of carbonyl (C=O) groups is 1. The Morgan fingerprint density at radius 3 is 2.40 bits per heavy atom. The number of halogens is 1. The number of fused-ring (bicyclic) bond motifs is 1. The van der Waals surface area contributed by atoms with Gasteiger partial charge in [0.2, 0.25) is 5.83 Å². The molecule has 10 heteroatoms. The smallest absolute Gasteiger partial charge is 0.368 e. The molecule has 0 spiro atoms. The lowest BCUT2D eigenvalue weighted by molar-refractivity contribution is -0.134. The van der Waals surface area contributed by atoms with Gasteiger partial charge in [-0.05, 0) is 55.0 Å². The number of benzene rings is 3. The predicted molar refractivity (Wildman–Crippen MR) is 158 cm³/mol. The minimum atomic E-state index is -3.78. The maximum atomic E-state index is 13.8. The second kappa shape index (κ2) is 12.3. The molecule has 0 radical (unpaired) electrons. The topological polar surface area (TPSA) is 95.9 Å². The van der Waals surface area contributed by atoms with E-state index in [-0.39, 0.29) is 16.4 Å². The molecule has 1 aliphatic rings. The van der Waals surface area contributed by atoms with E-state index in [1.807, 2.05) is 61.2 Å². The summed E-state index contributed by atoms with van der Waals surface area (Å²) in [5.41, 5.74) is 2.95. The van der Waals surface area contributed by atoms with Crippen molar-refractivity contribution in [2.75, 3.05) is 28.8 Å². The third kappa shape index (κ3) is 6.45. The molecule has 0 bridgehead atoms. The Kier molecular flexibility index (Phi) is 9.10. The molecule has 0 aliphatic carbocycles. The second-order valence-corrected chi connectivity index (χ2v) is 12.6. The third-order valence-electron chi connectivity index (χ3n) is 7.37. The first-order valence-electron chi connectivity index (χ1n) is 13.0. The number of nitrogens with zero attached hydrogens (tertiary/aromatic N) is 1. The molecule has 0 fully saturated rings. The third-order valence-corrected chi connectivity index (χ3v) is 10.1. The van der Waals surface area contributed by atoms with Gasteiger partial charge in [0.25, 0.3) is 0 Å². The zero-order valence-electron chi connectivity index (χ0n) is 22.7. The van der Waals surface area contributed by atoms with E-state index in [2.05, 4.69) is 17.4 Å². The molecule has 3 aromatic rings. The van der Waals surface area contributed by atoms with Crippen molar-refractivity contribution < 1.29 is 27.4 Å². The zero-order valence-corrected chi connectivity index (χ0v) is 24.3. The van der Waals surface area contributed by atoms with Crippen molar-refractivity contribution in [3.8, 4) is 5.75 Å². The molecule has 1 aliphatic heterocycles. The van der Waals surface area contributed by atoms with E-state index >= 15 is 0 Å². The van der Waals surface area contributed by atoms with Gasteiger partial charge in [-0.15, -0.1) is 11.8 Å². The number of carboxylic acids is 1. The average Bonchev–Trinajstić information content (AvgIpc) is 3.06. The standard InChI is InChI=1S/C30H33FN2O5S2/c1-4-30(5-2)19-33(23-13-11-22(12-14-23)32-17-21-9-7-6-8-10-21)25-15-27(39-3)26(38-18-24(31)29(34)35)16-28(25)40(36,37)20-30/h6-16,18,32H,4-5,17,19-20H2,1-3H3,(H,34,35). The highest BCUT2D eigenvalue weighted by Gasteiger charge is 2.41.